The molecule has 0 radical (unpaired) electrons. The number of anilines is 2. The molecule has 0 aromatic heterocycles. The lowest BCUT2D eigenvalue weighted by atomic mass is 10.2. The molecule has 3 amide bonds. The van der Waals surface area contributed by atoms with E-state index in [1.165, 1.54) is 0 Å². The van der Waals surface area contributed by atoms with Crippen LogP contribution in [0.5, 0.6) is 11.5 Å². The number of urea groups is 1. The first-order valence-corrected chi connectivity index (χ1v) is 7.91. The standard InChI is InChI=1S/C20H17N3O3/c21-20(25)23-16-8-5-7-15(13-16)22-19(24)14-6-4-11-18(12-14)26-17-9-2-1-3-10-17/h1-13H,(H,22,24)(H3,21,23,25). The molecule has 0 fully saturated rings. The highest BCUT2D eigenvalue weighted by Crippen LogP contribution is 2.22. The topological polar surface area (TPSA) is 93.5 Å². The smallest absolute Gasteiger partial charge is 0.316 e. The van der Waals surface area contributed by atoms with Gasteiger partial charge in [-0.2, -0.15) is 0 Å². The monoisotopic (exact) mass is 347 g/mol. The summed E-state index contributed by atoms with van der Waals surface area (Å²) in [5.74, 6) is 0.961. The van der Waals surface area contributed by atoms with E-state index >= 15 is 0 Å². The van der Waals surface area contributed by atoms with Crippen LogP contribution in [0.4, 0.5) is 16.2 Å². The van der Waals surface area contributed by atoms with Crippen LogP contribution in [-0.4, -0.2) is 11.9 Å². The molecule has 3 rings (SSSR count). The minimum atomic E-state index is -0.667. The van der Waals surface area contributed by atoms with Crippen molar-refractivity contribution >= 4 is 23.3 Å². The van der Waals surface area contributed by atoms with Gasteiger partial charge in [-0.15, -0.1) is 0 Å². The normalized spacial score (nSPS) is 10.0. The molecule has 26 heavy (non-hydrogen) atoms. The maximum Gasteiger partial charge on any atom is 0.316 e. The highest BCUT2D eigenvalue weighted by molar-refractivity contribution is 6.04. The average molecular weight is 347 g/mol. The van der Waals surface area contributed by atoms with Crippen LogP contribution in [0.1, 0.15) is 10.4 Å². The molecule has 0 aliphatic rings. The zero-order valence-electron chi connectivity index (χ0n) is 13.8. The van der Waals surface area contributed by atoms with Gasteiger partial charge in [-0.25, -0.2) is 4.79 Å². The summed E-state index contributed by atoms with van der Waals surface area (Å²) >= 11 is 0. The van der Waals surface area contributed by atoms with E-state index in [0.29, 0.717) is 28.4 Å². The second-order valence-corrected chi connectivity index (χ2v) is 5.47. The van der Waals surface area contributed by atoms with E-state index in [4.69, 9.17) is 10.5 Å². The van der Waals surface area contributed by atoms with Gasteiger partial charge in [0.25, 0.3) is 5.91 Å². The van der Waals surface area contributed by atoms with Crippen LogP contribution in [0.2, 0.25) is 0 Å². The number of ether oxygens (including phenoxy) is 1. The number of hydrogen-bond donors (Lipinski definition) is 3. The number of nitrogens with one attached hydrogen (secondary N) is 2. The van der Waals surface area contributed by atoms with E-state index in [1.807, 2.05) is 30.3 Å². The molecule has 0 atom stereocenters. The third kappa shape index (κ3) is 4.61. The quantitative estimate of drug-likeness (QED) is 0.645. The number of rotatable bonds is 5. The third-order valence-corrected chi connectivity index (χ3v) is 3.46. The van der Waals surface area contributed by atoms with E-state index in [2.05, 4.69) is 10.6 Å². The van der Waals surface area contributed by atoms with Crippen molar-refractivity contribution in [3.8, 4) is 11.5 Å². The summed E-state index contributed by atoms with van der Waals surface area (Å²) in [7, 11) is 0. The third-order valence-electron chi connectivity index (χ3n) is 3.46. The van der Waals surface area contributed by atoms with E-state index in [9.17, 15) is 9.59 Å². The summed E-state index contributed by atoms with van der Waals surface area (Å²) in [6, 6.07) is 22.3. The summed E-state index contributed by atoms with van der Waals surface area (Å²) in [5.41, 5.74) is 6.58. The summed E-state index contributed by atoms with van der Waals surface area (Å²) in [6.45, 7) is 0. The summed E-state index contributed by atoms with van der Waals surface area (Å²) in [4.78, 5) is 23.4. The first-order chi connectivity index (χ1) is 12.6. The summed E-state index contributed by atoms with van der Waals surface area (Å²) in [5, 5.41) is 5.24. The molecule has 0 saturated heterocycles. The van der Waals surface area contributed by atoms with Gasteiger partial charge in [0.2, 0.25) is 0 Å². The lowest BCUT2D eigenvalue weighted by molar-refractivity contribution is 0.102. The Balaban J connectivity index is 1.72. The van der Waals surface area contributed by atoms with E-state index in [1.54, 1.807) is 48.5 Å². The fourth-order valence-electron chi connectivity index (χ4n) is 2.35. The van der Waals surface area contributed by atoms with Gasteiger partial charge >= 0.3 is 6.03 Å². The lowest BCUT2D eigenvalue weighted by Gasteiger charge is -2.09. The van der Waals surface area contributed by atoms with Crippen molar-refractivity contribution in [2.24, 2.45) is 5.73 Å². The molecule has 0 aliphatic heterocycles. The molecular weight excluding hydrogens is 330 g/mol. The Morgan fingerprint density at radius 2 is 1.38 bits per heavy atom. The van der Waals surface area contributed by atoms with Crippen LogP contribution in [-0.2, 0) is 0 Å². The van der Waals surface area contributed by atoms with Crippen LogP contribution in [0, 0.1) is 0 Å². The number of benzene rings is 3. The first-order valence-electron chi connectivity index (χ1n) is 7.91. The van der Waals surface area contributed by atoms with Crippen LogP contribution in [0.3, 0.4) is 0 Å². The molecule has 6 heteroatoms. The number of primary amides is 1. The van der Waals surface area contributed by atoms with Crippen LogP contribution in [0.25, 0.3) is 0 Å². The Morgan fingerprint density at radius 1 is 0.731 bits per heavy atom. The molecular formula is C20H17N3O3. The van der Waals surface area contributed by atoms with E-state index < -0.39 is 6.03 Å². The second kappa shape index (κ2) is 7.85. The molecule has 0 saturated carbocycles. The maximum absolute atomic E-state index is 12.5. The zero-order valence-corrected chi connectivity index (χ0v) is 13.8. The number of nitrogens with two attached hydrogens (primary N) is 1. The predicted octanol–water partition coefficient (Wildman–Crippen LogP) is 4.22. The summed E-state index contributed by atoms with van der Waals surface area (Å²) in [6.07, 6.45) is 0. The van der Waals surface area contributed by atoms with Gasteiger partial charge < -0.3 is 21.1 Å². The Kier molecular flexibility index (Phi) is 5.14. The molecule has 4 N–H and O–H groups in total. The van der Waals surface area contributed by atoms with Crippen LogP contribution < -0.4 is 21.1 Å². The number of hydrogen-bond acceptors (Lipinski definition) is 3. The van der Waals surface area contributed by atoms with Gasteiger partial charge in [-0.05, 0) is 48.5 Å². The molecule has 3 aromatic carbocycles. The fourth-order valence-corrected chi connectivity index (χ4v) is 2.35. The molecule has 0 unspecified atom stereocenters. The minimum absolute atomic E-state index is 0.292. The first kappa shape index (κ1) is 17.0. The molecule has 0 heterocycles. The van der Waals surface area contributed by atoms with Gasteiger partial charge in [-0.3, -0.25) is 4.79 Å². The Morgan fingerprint density at radius 3 is 2.12 bits per heavy atom. The Labute approximate surface area is 150 Å². The lowest BCUT2D eigenvalue weighted by Crippen LogP contribution is -2.19. The highest BCUT2D eigenvalue weighted by Gasteiger charge is 2.08. The van der Waals surface area contributed by atoms with E-state index in [-0.39, 0.29) is 5.91 Å². The molecule has 3 aromatic rings. The van der Waals surface area contributed by atoms with Crippen molar-refractivity contribution in [3.63, 3.8) is 0 Å². The van der Waals surface area contributed by atoms with Crippen LogP contribution in [0.15, 0.2) is 78.9 Å². The van der Waals surface area contributed by atoms with Crippen LogP contribution >= 0.6 is 0 Å². The SMILES string of the molecule is NC(=O)Nc1cccc(NC(=O)c2cccc(Oc3ccccc3)c2)c1. The maximum atomic E-state index is 12.5. The number of para-hydroxylation sites is 1. The van der Waals surface area contributed by atoms with Gasteiger partial charge in [0.15, 0.2) is 0 Å². The van der Waals surface area contributed by atoms with Crippen molar-refractivity contribution in [1.82, 2.24) is 0 Å². The zero-order chi connectivity index (χ0) is 18.4. The van der Waals surface area contributed by atoms with E-state index in [0.717, 1.165) is 0 Å². The Hall–Kier alpha value is -3.80. The van der Waals surface area contributed by atoms with Gasteiger partial charge in [-0.1, -0.05) is 30.3 Å². The average Bonchev–Trinajstić information content (AvgIpc) is 2.62. The molecule has 0 spiro atoms. The Bertz CT molecular complexity index is 926. The highest BCUT2D eigenvalue weighted by atomic mass is 16.5. The second-order valence-electron chi connectivity index (χ2n) is 5.47. The van der Waals surface area contributed by atoms with Gasteiger partial charge in [0, 0.05) is 16.9 Å². The van der Waals surface area contributed by atoms with Crippen molar-refractivity contribution in [2.45, 2.75) is 0 Å². The minimum Gasteiger partial charge on any atom is -0.457 e. The number of amides is 3. The van der Waals surface area contributed by atoms with Crippen molar-refractivity contribution < 1.29 is 14.3 Å². The fraction of sp³-hybridized carbons (Fsp3) is 0. The van der Waals surface area contributed by atoms with Crippen molar-refractivity contribution in [2.75, 3.05) is 10.6 Å². The predicted molar refractivity (Wildman–Crippen MR) is 101 cm³/mol. The molecule has 0 bridgehead atoms. The van der Waals surface area contributed by atoms with Gasteiger partial charge in [0.1, 0.15) is 11.5 Å². The number of carbonyl (C=O) groups is 2. The summed E-state index contributed by atoms with van der Waals surface area (Å²) < 4.78 is 5.74. The largest absolute Gasteiger partial charge is 0.457 e. The molecule has 0 aliphatic carbocycles. The van der Waals surface area contributed by atoms with Crippen molar-refractivity contribution in [3.05, 3.63) is 84.4 Å². The number of carbonyl (C=O) groups excluding carboxylic acids is 2. The molecule has 130 valence electrons. The van der Waals surface area contributed by atoms with Gasteiger partial charge in [0.05, 0.1) is 0 Å². The molecule has 6 nitrogen and oxygen atoms in total. The van der Waals surface area contributed by atoms with Crippen molar-refractivity contribution in [1.29, 1.82) is 0 Å².